The van der Waals surface area contributed by atoms with Crippen molar-refractivity contribution in [1.29, 1.82) is 0 Å². The Labute approximate surface area is 109 Å². The lowest BCUT2D eigenvalue weighted by Crippen LogP contribution is -2.36. The molecule has 2 rings (SSSR count). The van der Waals surface area contributed by atoms with Crippen LogP contribution < -0.4 is 5.32 Å². The average molecular weight is 250 g/mol. The van der Waals surface area contributed by atoms with E-state index in [1.165, 1.54) is 0 Å². The molecule has 1 aromatic heterocycles. The minimum absolute atomic E-state index is 0.448. The number of rotatable bonds is 5. The zero-order valence-electron chi connectivity index (χ0n) is 11.2. The van der Waals surface area contributed by atoms with E-state index in [0.29, 0.717) is 6.10 Å². The summed E-state index contributed by atoms with van der Waals surface area (Å²) in [4.78, 5) is 11.1. The lowest BCUT2D eigenvalue weighted by molar-refractivity contribution is 0.0122. The monoisotopic (exact) mass is 250 g/mol. The van der Waals surface area contributed by atoms with Gasteiger partial charge in [-0.25, -0.2) is 4.98 Å². The van der Waals surface area contributed by atoms with E-state index in [9.17, 15) is 0 Å². The van der Waals surface area contributed by atoms with Gasteiger partial charge in [0.05, 0.1) is 24.2 Å². The van der Waals surface area contributed by atoms with Gasteiger partial charge in [-0.15, -0.1) is 0 Å². The van der Waals surface area contributed by atoms with Gasteiger partial charge in [0, 0.05) is 33.3 Å². The molecule has 1 fully saturated rings. The third-order valence-electron chi connectivity index (χ3n) is 3.28. The number of piperidine rings is 1. The number of hydrogen-bond acceptors (Lipinski definition) is 5. The fraction of sp³-hybridized carbons (Fsp3) is 0.692. The molecule has 1 aromatic rings. The highest BCUT2D eigenvalue weighted by molar-refractivity contribution is 5.29. The Balaban J connectivity index is 1.80. The minimum Gasteiger partial charge on any atom is -0.378 e. The fourth-order valence-corrected chi connectivity index (χ4v) is 2.26. The maximum absolute atomic E-state index is 5.65. The van der Waals surface area contributed by atoms with Gasteiger partial charge in [-0.2, -0.15) is 0 Å². The Morgan fingerprint density at radius 1 is 1.33 bits per heavy atom. The number of nitrogens with zero attached hydrogens (tertiary/aromatic N) is 3. The molecule has 1 N–H and O–H groups in total. The van der Waals surface area contributed by atoms with Gasteiger partial charge in [0.15, 0.2) is 0 Å². The summed E-state index contributed by atoms with van der Waals surface area (Å²) in [5.41, 5.74) is 1.03. The predicted molar refractivity (Wildman–Crippen MR) is 71.5 cm³/mol. The number of hydrogen-bond donors (Lipinski definition) is 1. The normalized spacial score (nSPS) is 17.9. The molecule has 0 bridgehead atoms. The minimum atomic E-state index is 0.448. The van der Waals surface area contributed by atoms with Crippen LogP contribution in [0.3, 0.4) is 0 Å². The third kappa shape index (κ3) is 3.65. The van der Waals surface area contributed by atoms with Crippen molar-refractivity contribution in [2.45, 2.75) is 32.4 Å². The molecule has 0 atom stereocenters. The highest BCUT2D eigenvalue weighted by atomic mass is 16.5. The molecule has 0 amide bonds. The fourth-order valence-electron chi connectivity index (χ4n) is 2.26. The maximum Gasteiger partial charge on any atom is 0.144 e. The summed E-state index contributed by atoms with van der Waals surface area (Å²) in [5, 5.41) is 2.97. The Morgan fingerprint density at radius 2 is 2.11 bits per heavy atom. The molecular formula is C13H22N4O. The zero-order chi connectivity index (χ0) is 12.8. The van der Waals surface area contributed by atoms with Gasteiger partial charge >= 0.3 is 0 Å². The largest absolute Gasteiger partial charge is 0.378 e. The van der Waals surface area contributed by atoms with Crippen molar-refractivity contribution in [3.05, 3.63) is 18.1 Å². The molecule has 100 valence electrons. The standard InChI is InChI=1S/C13H22N4O/c1-3-18-12-4-6-17(7-5-12)10-11-8-16-13(14-2)9-15-11/h8-9,12H,3-7,10H2,1-2H3,(H,14,16). The third-order valence-corrected chi connectivity index (χ3v) is 3.28. The van der Waals surface area contributed by atoms with Gasteiger partial charge in [0.25, 0.3) is 0 Å². The van der Waals surface area contributed by atoms with E-state index in [2.05, 4.69) is 27.1 Å². The van der Waals surface area contributed by atoms with Crippen LogP contribution in [0.15, 0.2) is 12.4 Å². The second kappa shape index (κ2) is 6.66. The first-order chi connectivity index (χ1) is 8.81. The van der Waals surface area contributed by atoms with E-state index in [0.717, 1.165) is 50.6 Å². The molecule has 0 radical (unpaired) electrons. The van der Waals surface area contributed by atoms with Gasteiger partial charge in [-0.05, 0) is 19.8 Å². The molecule has 1 aliphatic rings. The summed E-state index contributed by atoms with van der Waals surface area (Å²) in [6.07, 6.45) is 6.32. The van der Waals surface area contributed by atoms with Crippen molar-refractivity contribution < 1.29 is 4.74 Å². The van der Waals surface area contributed by atoms with Crippen LogP contribution in [0.25, 0.3) is 0 Å². The molecule has 5 heteroatoms. The second-order valence-electron chi connectivity index (χ2n) is 4.57. The van der Waals surface area contributed by atoms with Crippen LogP contribution in [0.4, 0.5) is 5.82 Å². The highest BCUT2D eigenvalue weighted by Crippen LogP contribution is 2.15. The van der Waals surface area contributed by atoms with E-state index < -0.39 is 0 Å². The van der Waals surface area contributed by atoms with Crippen LogP contribution in [0.5, 0.6) is 0 Å². The highest BCUT2D eigenvalue weighted by Gasteiger charge is 2.19. The van der Waals surface area contributed by atoms with E-state index in [1.807, 2.05) is 13.2 Å². The van der Waals surface area contributed by atoms with Crippen LogP contribution in [-0.2, 0) is 11.3 Å². The average Bonchev–Trinajstić information content (AvgIpc) is 2.42. The van der Waals surface area contributed by atoms with Crippen molar-refractivity contribution in [2.75, 3.05) is 32.1 Å². The molecule has 5 nitrogen and oxygen atoms in total. The lowest BCUT2D eigenvalue weighted by Gasteiger charge is -2.31. The molecule has 18 heavy (non-hydrogen) atoms. The Hall–Kier alpha value is -1.20. The van der Waals surface area contributed by atoms with Crippen molar-refractivity contribution in [2.24, 2.45) is 0 Å². The maximum atomic E-state index is 5.65. The van der Waals surface area contributed by atoms with Crippen LogP contribution in [0, 0.1) is 0 Å². The summed E-state index contributed by atoms with van der Waals surface area (Å²) >= 11 is 0. The number of nitrogens with one attached hydrogen (secondary N) is 1. The van der Waals surface area contributed by atoms with Crippen molar-refractivity contribution >= 4 is 5.82 Å². The molecule has 0 spiro atoms. The summed E-state index contributed by atoms with van der Waals surface area (Å²) < 4.78 is 5.65. The molecule has 1 aliphatic heterocycles. The molecule has 0 aromatic carbocycles. The van der Waals surface area contributed by atoms with Gasteiger partial charge in [0.1, 0.15) is 5.82 Å². The summed E-state index contributed by atoms with van der Waals surface area (Å²) in [5.74, 6) is 0.814. The molecule has 2 heterocycles. The van der Waals surface area contributed by atoms with Crippen molar-refractivity contribution in [1.82, 2.24) is 14.9 Å². The molecule has 0 unspecified atom stereocenters. The smallest absolute Gasteiger partial charge is 0.144 e. The summed E-state index contributed by atoms with van der Waals surface area (Å²) in [6.45, 7) is 5.93. The first-order valence-electron chi connectivity index (χ1n) is 6.64. The SMILES string of the molecule is CCOC1CCN(Cc2cnc(NC)cn2)CC1. The van der Waals surface area contributed by atoms with Gasteiger partial charge in [-0.1, -0.05) is 0 Å². The van der Waals surface area contributed by atoms with Crippen molar-refractivity contribution in [3.63, 3.8) is 0 Å². The van der Waals surface area contributed by atoms with Gasteiger partial charge in [0.2, 0.25) is 0 Å². The summed E-state index contributed by atoms with van der Waals surface area (Å²) in [6, 6.07) is 0. The molecule has 0 saturated carbocycles. The first-order valence-corrected chi connectivity index (χ1v) is 6.64. The van der Waals surface area contributed by atoms with E-state index in [1.54, 1.807) is 6.20 Å². The topological polar surface area (TPSA) is 50.3 Å². The number of ether oxygens (including phenoxy) is 1. The zero-order valence-corrected chi connectivity index (χ0v) is 11.2. The number of likely N-dealkylation sites (tertiary alicyclic amines) is 1. The molecule has 1 saturated heterocycles. The Kier molecular flexibility index (Phi) is 4.90. The van der Waals surface area contributed by atoms with E-state index in [4.69, 9.17) is 4.74 Å². The van der Waals surface area contributed by atoms with Gasteiger partial charge in [-0.3, -0.25) is 9.88 Å². The summed E-state index contributed by atoms with van der Waals surface area (Å²) in [7, 11) is 1.85. The Morgan fingerprint density at radius 3 is 2.67 bits per heavy atom. The van der Waals surface area contributed by atoms with Crippen molar-refractivity contribution in [3.8, 4) is 0 Å². The number of aromatic nitrogens is 2. The van der Waals surface area contributed by atoms with Gasteiger partial charge < -0.3 is 10.1 Å². The quantitative estimate of drug-likeness (QED) is 0.858. The van der Waals surface area contributed by atoms with Crippen LogP contribution >= 0.6 is 0 Å². The molecular weight excluding hydrogens is 228 g/mol. The molecule has 0 aliphatic carbocycles. The Bertz CT molecular complexity index is 347. The predicted octanol–water partition coefficient (Wildman–Crippen LogP) is 1.52. The van der Waals surface area contributed by atoms with Crippen LogP contribution in [0.1, 0.15) is 25.5 Å². The second-order valence-corrected chi connectivity index (χ2v) is 4.57. The number of anilines is 1. The van der Waals surface area contributed by atoms with Crippen LogP contribution in [0.2, 0.25) is 0 Å². The van der Waals surface area contributed by atoms with E-state index >= 15 is 0 Å². The lowest BCUT2D eigenvalue weighted by atomic mass is 10.1. The first kappa shape index (κ1) is 13.2. The van der Waals surface area contributed by atoms with E-state index in [-0.39, 0.29) is 0 Å². The van der Waals surface area contributed by atoms with Crippen LogP contribution in [-0.4, -0.2) is 47.7 Å².